The number of H-pyrrole nitrogens is 1. The molecule has 4 atom stereocenters. The first kappa shape index (κ1) is 31.8. The topological polar surface area (TPSA) is 247 Å². The zero-order chi connectivity index (χ0) is 30.0. The van der Waals surface area contributed by atoms with Crippen molar-refractivity contribution in [3.8, 4) is 0 Å². The minimum Gasteiger partial charge on any atom is -0.481 e. The highest BCUT2D eigenvalue weighted by molar-refractivity contribution is 5.94. The second-order valence-electron chi connectivity index (χ2n) is 9.80. The number of rotatable bonds is 16. The molecule has 0 bridgehead atoms. The number of carboxylic acid groups (broad SMARTS) is 2. The molecule has 4 unspecified atom stereocenters. The Morgan fingerprint density at radius 2 is 1.52 bits per heavy atom. The van der Waals surface area contributed by atoms with E-state index < -0.39 is 72.1 Å². The number of carboxylic acids is 2. The number of hydrogen-bond acceptors (Lipinski definition) is 7. The van der Waals surface area contributed by atoms with E-state index in [4.69, 9.17) is 16.6 Å². The lowest BCUT2D eigenvalue weighted by Crippen LogP contribution is -2.58. The smallest absolute Gasteiger partial charge is 0.326 e. The van der Waals surface area contributed by atoms with Gasteiger partial charge < -0.3 is 42.6 Å². The molecular formula is C26H36N6O8. The second kappa shape index (κ2) is 14.6. The lowest BCUT2D eigenvalue weighted by atomic mass is 10.0. The van der Waals surface area contributed by atoms with Gasteiger partial charge in [0.2, 0.25) is 23.6 Å². The quantitative estimate of drug-likeness (QED) is 0.130. The van der Waals surface area contributed by atoms with Gasteiger partial charge in [-0.2, -0.15) is 0 Å². The Kier molecular flexibility index (Phi) is 11.6. The third-order valence-corrected chi connectivity index (χ3v) is 6.28. The van der Waals surface area contributed by atoms with E-state index >= 15 is 0 Å². The largest absolute Gasteiger partial charge is 0.481 e. The molecule has 218 valence electrons. The van der Waals surface area contributed by atoms with Gasteiger partial charge in [0, 0.05) is 36.4 Å². The van der Waals surface area contributed by atoms with Gasteiger partial charge in [0.15, 0.2) is 0 Å². The number of nitrogens with one attached hydrogen (secondary N) is 4. The molecule has 1 heterocycles. The third kappa shape index (κ3) is 9.38. The molecule has 0 saturated heterocycles. The van der Waals surface area contributed by atoms with Gasteiger partial charge in [-0.3, -0.25) is 24.0 Å². The van der Waals surface area contributed by atoms with Crippen molar-refractivity contribution in [1.29, 1.82) is 0 Å². The Labute approximate surface area is 230 Å². The lowest BCUT2D eigenvalue weighted by Gasteiger charge is -2.27. The second-order valence-corrected chi connectivity index (χ2v) is 9.80. The third-order valence-electron chi connectivity index (χ3n) is 6.28. The van der Waals surface area contributed by atoms with Crippen molar-refractivity contribution in [2.75, 3.05) is 0 Å². The molecule has 14 nitrogen and oxygen atoms in total. The summed E-state index contributed by atoms with van der Waals surface area (Å²) >= 11 is 0. The molecule has 2 rings (SSSR count). The van der Waals surface area contributed by atoms with E-state index in [0.717, 1.165) is 10.9 Å². The first-order valence-electron chi connectivity index (χ1n) is 12.7. The van der Waals surface area contributed by atoms with Crippen LogP contribution in [-0.2, 0) is 35.2 Å². The van der Waals surface area contributed by atoms with Crippen molar-refractivity contribution in [3.63, 3.8) is 0 Å². The van der Waals surface area contributed by atoms with Gasteiger partial charge in [0.25, 0.3) is 0 Å². The van der Waals surface area contributed by atoms with E-state index in [2.05, 4.69) is 20.9 Å². The summed E-state index contributed by atoms with van der Waals surface area (Å²) in [5.74, 6) is -6.06. The number of hydrogen-bond donors (Lipinski definition) is 8. The first-order chi connectivity index (χ1) is 18.8. The van der Waals surface area contributed by atoms with E-state index in [1.165, 1.54) is 0 Å². The Bertz CT molecular complexity index is 1240. The van der Waals surface area contributed by atoms with Crippen molar-refractivity contribution >= 4 is 46.5 Å². The minimum absolute atomic E-state index is 0.0375. The molecule has 10 N–H and O–H groups in total. The number of carbonyl (C=O) groups excluding carboxylic acids is 4. The van der Waals surface area contributed by atoms with Gasteiger partial charge in [0.05, 0.1) is 6.04 Å². The number of aliphatic carboxylic acids is 2. The number of amides is 4. The number of primary amides is 1. The van der Waals surface area contributed by atoms with Gasteiger partial charge in [-0.1, -0.05) is 32.0 Å². The number of nitrogens with two attached hydrogens (primary N) is 2. The Morgan fingerprint density at radius 1 is 0.875 bits per heavy atom. The van der Waals surface area contributed by atoms with Crippen molar-refractivity contribution in [1.82, 2.24) is 20.9 Å². The summed E-state index contributed by atoms with van der Waals surface area (Å²) in [6.45, 7) is 3.26. The zero-order valence-electron chi connectivity index (χ0n) is 22.3. The van der Waals surface area contributed by atoms with Gasteiger partial charge in [-0.15, -0.1) is 0 Å². The molecule has 0 aliphatic rings. The van der Waals surface area contributed by atoms with Gasteiger partial charge in [-0.25, -0.2) is 4.79 Å². The average molecular weight is 561 g/mol. The summed E-state index contributed by atoms with van der Waals surface area (Å²) in [4.78, 5) is 75.9. The van der Waals surface area contributed by atoms with Crippen LogP contribution in [0.5, 0.6) is 0 Å². The Morgan fingerprint density at radius 3 is 2.12 bits per heavy atom. The summed E-state index contributed by atoms with van der Waals surface area (Å²) in [7, 11) is 0. The molecule has 0 spiro atoms. The van der Waals surface area contributed by atoms with Crippen LogP contribution in [0.4, 0.5) is 0 Å². The molecule has 0 saturated carbocycles. The standard InChI is InChI=1S/C26H36N6O8/c1-13(2)22(32-23(36)16(27)7-9-20(28)33)25(38)30-18(8-10-21(34)35)24(37)31-19(26(39)40)11-14-12-29-17-6-4-3-5-15(14)17/h3-6,12-13,16,18-19,22,29H,7-11,27H2,1-2H3,(H2,28,33)(H,30,38)(H,31,37)(H,32,36)(H,34,35)(H,39,40). The average Bonchev–Trinajstić information content (AvgIpc) is 3.29. The Balaban J connectivity index is 2.17. The molecule has 2 aromatic rings. The maximum absolute atomic E-state index is 13.1. The van der Waals surface area contributed by atoms with Crippen LogP contribution in [0.1, 0.15) is 45.1 Å². The van der Waals surface area contributed by atoms with Crippen LogP contribution in [0.15, 0.2) is 30.5 Å². The summed E-state index contributed by atoms with van der Waals surface area (Å²) in [5, 5.41) is 27.0. The van der Waals surface area contributed by atoms with Crippen LogP contribution in [0.25, 0.3) is 10.9 Å². The fourth-order valence-corrected chi connectivity index (χ4v) is 4.02. The first-order valence-corrected chi connectivity index (χ1v) is 12.7. The molecule has 0 aliphatic heterocycles. The van der Waals surface area contributed by atoms with Gasteiger partial charge in [-0.05, 0) is 30.4 Å². The van der Waals surface area contributed by atoms with Gasteiger partial charge >= 0.3 is 11.9 Å². The van der Waals surface area contributed by atoms with Crippen molar-refractivity contribution in [3.05, 3.63) is 36.0 Å². The lowest BCUT2D eigenvalue weighted by molar-refractivity contribution is -0.143. The molecule has 14 heteroatoms. The van der Waals surface area contributed by atoms with Crippen LogP contribution >= 0.6 is 0 Å². The summed E-state index contributed by atoms with van der Waals surface area (Å²) in [6, 6.07) is 2.17. The monoisotopic (exact) mass is 560 g/mol. The molecule has 0 fully saturated rings. The van der Waals surface area contributed by atoms with Crippen molar-refractivity contribution in [2.45, 2.75) is 70.1 Å². The molecule has 0 radical (unpaired) electrons. The molecule has 4 amide bonds. The van der Waals surface area contributed by atoms with Crippen LogP contribution in [0.3, 0.4) is 0 Å². The zero-order valence-corrected chi connectivity index (χ0v) is 22.3. The van der Waals surface area contributed by atoms with Gasteiger partial charge in [0.1, 0.15) is 18.1 Å². The number of para-hydroxylation sites is 1. The van der Waals surface area contributed by atoms with E-state index in [1.807, 2.05) is 12.1 Å². The summed E-state index contributed by atoms with van der Waals surface area (Å²) in [5.41, 5.74) is 12.3. The van der Waals surface area contributed by atoms with E-state index in [9.17, 15) is 33.9 Å². The highest BCUT2D eigenvalue weighted by atomic mass is 16.4. The van der Waals surface area contributed by atoms with E-state index in [1.54, 1.807) is 32.2 Å². The van der Waals surface area contributed by atoms with Crippen molar-refractivity contribution in [2.24, 2.45) is 17.4 Å². The molecule has 40 heavy (non-hydrogen) atoms. The predicted octanol–water partition coefficient (Wildman–Crippen LogP) is -0.637. The Hall–Kier alpha value is -4.46. The molecule has 0 aliphatic carbocycles. The molecular weight excluding hydrogens is 524 g/mol. The van der Waals surface area contributed by atoms with Crippen LogP contribution in [0.2, 0.25) is 0 Å². The number of benzene rings is 1. The normalized spacial score (nSPS) is 14.1. The SMILES string of the molecule is CC(C)C(NC(=O)C(N)CCC(N)=O)C(=O)NC(CCC(=O)O)C(=O)NC(Cc1c[nH]c2ccccc12)C(=O)O. The number of aromatic amines is 1. The highest BCUT2D eigenvalue weighted by Gasteiger charge is 2.32. The van der Waals surface area contributed by atoms with Crippen LogP contribution < -0.4 is 27.4 Å². The fourth-order valence-electron chi connectivity index (χ4n) is 4.02. The van der Waals surface area contributed by atoms with Crippen LogP contribution in [-0.4, -0.2) is 74.9 Å². The highest BCUT2D eigenvalue weighted by Crippen LogP contribution is 2.19. The number of fused-ring (bicyclic) bond motifs is 1. The summed E-state index contributed by atoms with van der Waals surface area (Å²) < 4.78 is 0. The molecule has 1 aromatic carbocycles. The minimum atomic E-state index is -1.41. The van der Waals surface area contributed by atoms with E-state index in [-0.39, 0.29) is 25.7 Å². The van der Waals surface area contributed by atoms with E-state index in [0.29, 0.717) is 5.56 Å². The maximum Gasteiger partial charge on any atom is 0.326 e. The summed E-state index contributed by atoms with van der Waals surface area (Å²) in [6.07, 6.45) is 0.579. The number of carbonyl (C=O) groups is 6. The maximum atomic E-state index is 13.1. The van der Waals surface area contributed by atoms with Crippen LogP contribution in [0, 0.1) is 5.92 Å². The van der Waals surface area contributed by atoms with Crippen molar-refractivity contribution < 1.29 is 39.0 Å². The number of aromatic nitrogens is 1. The molecule has 1 aromatic heterocycles. The predicted molar refractivity (Wildman–Crippen MR) is 144 cm³/mol. The fraction of sp³-hybridized carbons (Fsp3) is 0.462.